The summed E-state index contributed by atoms with van der Waals surface area (Å²) in [5.74, 6) is -0.0335. The average molecular weight is 227 g/mol. The molecule has 0 bridgehead atoms. The van der Waals surface area contributed by atoms with Gasteiger partial charge in [0.05, 0.1) is 12.0 Å². The van der Waals surface area contributed by atoms with E-state index in [1.54, 1.807) is 0 Å². The highest BCUT2D eigenvalue weighted by atomic mass is 16.4. The van der Waals surface area contributed by atoms with Gasteiger partial charge >= 0.3 is 5.97 Å². The third-order valence-electron chi connectivity index (χ3n) is 3.67. The second kappa shape index (κ2) is 4.69. The molecule has 5 heteroatoms. The molecule has 0 aromatic heterocycles. The van der Waals surface area contributed by atoms with Gasteiger partial charge in [0.1, 0.15) is 0 Å². The smallest absolute Gasteiger partial charge is 0.305 e. The fourth-order valence-corrected chi connectivity index (χ4v) is 2.58. The van der Waals surface area contributed by atoms with Crippen molar-refractivity contribution in [1.82, 2.24) is 15.5 Å². The molecule has 0 saturated carbocycles. The number of carboxylic acid groups (broad SMARTS) is 1. The number of likely N-dealkylation sites (tertiary alicyclic amines) is 1. The van der Waals surface area contributed by atoms with Crippen molar-refractivity contribution < 1.29 is 9.90 Å². The fraction of sp³-hybridized carbons (Fsp3) is 0.909. The SMILES string of the molecule is CN1CCC(CNC2(CC(=O)O)CNC2)C1. The number of rotatable bonds is 5. The summed E-state index contributed by atoms with van der Waals surface area (Å²) >= 11 is 0. The van der Waals surface area contributed by atoms with Crippen LogP contribution in [0.3, 0.4) is 0 Å². The highest BCUT2D eigenvalue weighted by molar-refractivity contribution is 5.68. The lowest BCUT2D eigenvalue weighted by molar-refractivity contribution is -0.139. The fourth-order valence-electron chi connectivity index (χ4n) is 2.58. The van der Waals surface area contributed by atoms with Crippen molar-refractivity contribution in [2.45, 2.75) is 18.4 Å². The molecule has 1 unspecified atom stereocenters. The van der Waals surface area contributed by atoms with Crippen molar-refractivity contribution in [2.75, 3.05) is 39.8 Å². The van der Waals surface area contributed by atoms with Gasteiger partial charge in [0.2, 0.25) is 0 Å². The number of nitrogens with zero attached hydrogens (tertiary/aromatic N) is 1. The van der Waals surface area contributed by atoms with Gasteiger partial charge in [-0.2, -0.15) is 0 Å². The van der Waals surface area contributed by atoms with Crippen LogP contribution in [0.15, 0.2) is 0 Å². The van der Waals surface area contributed by atoms with Crippen molar-refractivity contribution in [3.8, 4) is 0 Å². The zero-order valence-corrected chi connectivity index (χ0v) is 9.83. The number of aliphatic carboxylic acids is 1. The van der Waals surface area contributed by atoms with Crippen molar-refractivity contribution >= 4 is 5.97 Å². The molecule has 0 radical (unpaired) electrons. The van der Waals surface area contributed by atoms with Crippen LogP contribution in [0.5, 0.6) is 0 Å². The Bertz CT molecular complexity index is 266. The maximum absolute atomic E-state index is 10.8. The Labute approximate surface area is 96.2 Å². The van der Waals surface area contributed by atoms with Crippen LogP contribution >= 0.6 is 0 Å². The van der Waals surface area contributed by atoms with Gasteiger partial charge in [0.25, 0.3) is 0 Å². The molecule has 2 saturated heterocycles. The highest BCUT2D eigenvalue weighted by Crippen LogP contribution is 2.19. The standard InChI is InChI=1S/C11H21N3O2/c1-14-3-2-9(6-14)5-13-11(4-10(15)16)7-12-8-11/h9,12-13H,2-8H2,1H3,(H,15,16). The number of nitrogens with one attached hydrogen (secondary N) is 2. The van der Waals surface area contributed by atoms with Crippen molar-refractivity contribution in [3.63, 3.8) is 0 Å². The van der Waals surface area contributed by atoms with Gasteiger partial charge in [-0.15, -0.1) is 0 Å². The van der Waals surface area contributed by atoms with Gasteiger partial charge in [-0.25, -0.2) is 0 Å². The van der Waals surface area contributed by atoms with E-state index in [0.717, 1.165) is 32.7 Å². The minimum absolute atomic E-state index is 0.188. The molecule has 0 aliphatic carbocycles. The third kappa shape index (κ3) is 2.72. The van der Waals surface area contributed by atoms with Gasteiger partial charge in [0, 0.05) is 19.6 Å². The Morgan fingerprint density at radius 2 is 2.38 bits per heavy atom. The molecule has 5 nitrogen and oxygen atoms in total. The van der Waals surface area contributed by atoms with E-state index in [2.05, 4.69) is 22.6 Å². The van der Waals surface area contributed by atoms with Crippen LogP contribution in [0.25, 0.3) is 0 Å². The number of carboxylic acids is 1. The maximum atomic E-state index is 10.8. The molecular formula is C11H21N3O2. The van der Waals surface area contributed by atoms with Crippen LogP contribution in [-0.2, 0) is 4.79 Å². The van der Waals surface area contributed by atoms with E-state index < -0.39 is 5.97 Å². The predicted octanol–water partition coefficient (Wildman–Crippen LogP) is -0.656. The molecule has 3 N–H and O–H groups in total. The maximum Gasteiger partial charge on any atom is 0.305 e. The Hall–Kier alpha value is -0.650. The first-order valence-electron chi connectivity index (χ1n) is 5.96. The Kier molecular flexibility index (Phi) is 3.47. The number of hydrogen-bond acceptors (Lipinski definition) is 4. The molecule has 0 aromatic carbocycles. The van der Waals surface area contributed by atoms with E-state index in [-0.39, 0.29) is 12.0 Å². The Balaban J connectivity index is 1.76. The van der Waals surface area contributed by atoms with Crippen LogP contribution in [0.4, 0.5) is 0 Å². The first-order valence-corrected chi connectivity index (χ1v) is 5.96. The predicted molar refractivity (Wildman–Crippen MR) is 61.5 cm³/mol. The van der Waals surface area contributed by atoms with E-state index in [1.807, 2.05) is 0 Å². The van der Waals surface area contributed by atoms with Gasteiger partial charge in [0.15, 0.2) is 0 Å². The lowest BCUT2D eigenvalue weighted by atomic mass is 9.88. The molecule has 1 atom stereocenters. The van der Waals surface area contributed by atoms with Crippen molar-refractivity contribution in [1.29, 1.82) is 0 Å². The molecule has 2 rings (SSSR count). The first-order chi connectivity index (χ1) is 7.60. The van der Waals surface area contributed by atoms with E-state index in [4.69, 9.17) is 5.11 Å². The molecule has 2 fully saturated rings. The van der Waals surface area contributed by atoms with Crippen LogP contribution in [0, 0.1) is 5.92 Å². The second-order valence-corrected chi connectivity index (χ2v) is 5.25. The van der Waals surface area contributed by atoms with Crippen LogP contribution in [0.1, 0.15) is 12.8 Å². The summed E-state index contributed by atoms with van der Waals surface area (Å²) in [4.78, 5) is 13.1. The van der Waals surface area contributed by atoms with Crippen molar-refractivity contribution in [3.05, 3.63) is 0 Å². The molecule has 0 aromatic rings. The summed E-state index contributed by atoms with van der Waals surface area (Å²) in [7, 11) is 2.14. The Morgan fingerprint density at radius 1 is 1.62 bits per heavy atom. The minimum atomic E-state index is -0.711. The van der Waals surface area contributed by atoms with E-state index in [1.165, 1.54) is 6.42 Å². The lowest BCUT2D eigenvalue weighted by Gasteiger charge is -2.43. The van der Waals surface area contributed by atoms with E-state index in [9.17, 15) is 4.79 Å². The molecule has 16 heavy (non-hydrogen) atoms. The van der Waals surface area contributed by atoms with Crippen LogP contribution in [-0.4, -0.2) is 61.3 Å². The van der Waals surface area contributed by atoms with Crippen LogP contribution in [0.2, 0.25) is 0 Å². The molecule has 2 aliphatic heterocycles. The highest BCUT2D eigenvalue weighted by Gasteiger charge is 2.39. The summed E-state index contributed by atoms with van der Waals surface area (Å²) in [6.07, 6.45) is 1.45. The quantitative estimate of drug-likeness (QED) is 0.582. The molecule has 0 spiro atoms. The van der Waals surface area contributed by atoms with Crippen molar-refractivity contribution in [2.24, 2.45) is 5.92 Å². The molecular weight excluding hydrogens is 206 g/mol. The molecule has 0 amide bonds. The third-order valence-corrected chi connectivity index (χ3v) is 3.67. The summed E-state index contributed by atoms with van der Waals surface area (Å²) in [6.45, 7) is 4.79. The minimum Gasteiger partial charge on any atom is -0.481 e. The number of carbonyl (C=O) groups is 1. The summed E-state index contributed by atoms with van der Waals surface area (Å²) in [6, 6.07) is 0. The van der Waals surface area contributed by atoms with Crippen LogP contribution < -0.4 is 10.6 Å². The van der Waals surface area contributed by atoms with Gasteiger partial charge < -0.3 is 20.6 Å². The van der Waals surface area contributed by atoms with Gasteiger partial charge in [-0.3, -0.25) is 4.79 Å². The number of hydrogen-bond donors (Lipinski definition) is 3. The topological polar surface area (TPSA) is 64.6 Å². The average Bonchev–Trinajstić information content (AvgIpc) is 2.55. The summed E-state index contributed by atoms with van der Waals surface area (Å²) in [5.41, 5.74) is -0.188. The Morgan fingerprint density at radius 3 is 2.81 bits per heavy atom. The van der Waals surface area contributed by atoms with Gasteiger partial charge in [-0.05, 0) is 32.5 Å². The van der Waals surface area contributed by atoms with Gasteiger partial charge in [-0.1, -0.05) is 0 Å². The largest absolute Gasteiger partial charge is 0.481 e. The molecule has 2 heterocycles. The zero-order valence-electron chi connectivity index (χ0n) is 9.83. The zero-order chi connectivity index (χ0) is 11.6. The summed E-state index contributed by atoms with van der Waals surface area (Å²) in [5, 5.41) is 15.5. The van der Waals surface area contributed by atoms with E-state index in [0.29, 0.717) is 5.92 Å². The normalized spacial score (nSPS) is 28.9. The molecule has 92 valence electrons. The lowest BCUT2D eigenvalue weighted by Crippen LogP contribution is -2.69. The summed E-state index contributed by atoms with van der Waals surface area (Å²) < 4.78 is 0. The monoisotopic (exact) mass is 227 g/mol. The second-order valence-electron chi connectivity index (χ2n) is 5.25. The van der Waals surface area contributed by atoms with E-state index >= 15 is 0 Å². The first kappa shape index (κ1) is 11.8. The molecule has 2 aliphatic rings.